The van der Waals surface area contributed by atoms with Crippen LogP contribution in [0, 0.1) is 17.1 Å². The van der Waals surface area contributed by atoms with Crippen LogP contribution in [0.15, 0.2) is 35.6 Å². The van der Waals surface area contributed by atoms with E-state index in [1.165, 1.54) is 12.1 Å². The van der Waals surface area contributed by atoms with Crippen LogP contribution in [-0.4, -0.2) is 12.5 Å². The fourth-order valence-electron chi connectivity index (χ4n) is 3.05. The predicted octanol–water partition coefficient (Wildman–Crippen LogP) is 3.33. The summed E-state index contributed by atoms with van der Waals surface area (Å²) in [7, 11) is 0. The number of hydrogen-bond donors (Lipinski definition) is 1. The number of carbonyl (C=O) groups is 1. The van der Waals surface area contributed by atoms with Crippen LogP contribution in [0.25, 0.3) is 0 Å². The van der Waals surface area contributed by atoms with E-state index in [1.807, 2.05) is 45.9 Å². The minimum Gasteiger partial charge on any atom is -0.491 e. The maximum Gasteiger partial charge on any atom is 0.243 e. The summed E-state index contributed by atoms with van der Waals surface area (Å²) >= 11 is 0. The SMILES string of the molecule is C/C=C1\C(=C/C)NC(=O)C12COc1cc(F)c(C#N)cc12.CC. The molecule has 0 radical (unpaired) electrons. The number of nitrogens with zero attached hydrogens (tertiary/aromatic N) is 1. The number of benzene rings is 1. The Bertz CT molecular complexity index is 759. The van der Waals surface area contributed by atoms with Crippen LogP contribution in [-0.2, 0) is 10.2 Å². The van der Waals surface area contributed by atoms with E-state index in [4.69, 9.17) is 10.00 Å². The Morgan fingerprint density at radius 3 is 2.61 bits per heavy atom. The summed E-state index contributed by atoms with van der Waals surface area (Å²) in [6.45, 7) is 7.79. The number of nitriles is 1. The van der Waals surface area contributed by atoms with Crippen LogP contribution in [0.3, 0.4) is 0 Å². The number of carbonyl (C=O) groups excluding carboxylic acids is 1. The second-order valence-electron chi connectivity index (χ2n) is 4.99. The van der Waals surface area contributed by atoms with Gasteiger partial charge in [-0.25, -0.2) is 4.39 Å². The molecule has 2 aliphatic heterocycles. The number of fused-ring (bicyclic) bond motifs is 2. The van der Waals surface area contributed by atoms with Crippen LogP contribution >= 0.6 is 0 Å². The third-order valence-corrected chi connectivity index (χ3v) is 4.06. The monoisotopic (exact) mass is 314 g/mol. The lowest BCUT2D eigenvalue weighted by atomic mass is 9.76. The highest BCUT2D eigenvalue weighted by atomic mass is 19.1. The number of allylic oxidation sites excluding steroid dienone is 3. The van der Waals surface area contributed by atoms with Crippen LogP contribution < -0.4 is 10.1 Å². The Kier molecular flexibility index (Phi) is 4.55. The normalized spacial score (nSPS) is 24.8. The Labute approximate surface area is 135 Å². The Hall–Kier alpha value is -2.61. The maximum atomic E-state index is 13.7. The van der Waals surface area contributed by atoms with Crippen molar-refractivity contribution in [2.24, 2.45) is 0 Å². The molecule has 23 heavy (non-hydrogen) atoms. The number of rotatable bonds is 0. The molecule has 1 atom stereocenters. The Morgan fingerprint density at radius 1 is 1.35 bits per heavy atom. The van der Waals surface area contributed by atoms with Gasteiger partial charge in [-0.15, -0.1) is 0 Å². The van der Waals surface area contributed by atoms with Crippen molar-refractivity contribution < 1.29 is 13.9 Å². The lowest BCUT2D eigenvalue weighted by Crippen LogP contribution is -2.38. The smallest absolute Gasteiger partial charge is 0.243 e. The topological polar surface area (TPSA) is 62.1 Å². The number of ether oxygens (including phenoxy) is 1. The molecule has 0 aromatic heterocycles. The summed E-state index contributed by atoms with van der Waals surface area (Å²) in [5, 5.41) is 11.8. The Balaban J connectivity index is 0.000000924. The van der Waals surface area contributed by atoms with E-state index < -0.39 is 11.2 Å². The molecule has 3 rings (SSSR count). The van der Waals surface area contributed by atoms with E-state index in [9.17, 15) is 9.18 Å². The summed E-state index contributed by atoms with van der Waals surface area (Å²) in [6.07, 6.45) is 3.66. The number of nitrogens with one attached hydrogen (secondary N) is 1. The van der Waals surface area contributed by atoms with Crippen molar-refractivity contribution in [3.05, 3.63) is 52.5 Å². The van der Waals surface area contributed by atoms with Crippen LogP contribution in [0.2, 0.25) is 0 Å². The molecule has 0 aliphatic carbocycles. The average Bonchev–Trinajstić information content (AvgIpc) is 3.07. The van der Waals surface area contributed by atoms with Gasteiger partial charge in [0.1, 0.15) is 29.7 Å². The largest absolute Gasteiger partial charge is 0.491 e. The minimum atomic E-state index is -0.995. The maximum absolute atomic E-state index is 13.7. The Morgan fingerprint density at radius 2 is 2.04 bits per heavy atom. The van der Waals surface area contributed by atoms with E-state index in [0.29, 0.717) is 11.3 Å². The first-order valence-corrected chi connectivity index (χ1v) is 7.60. The first kappa shape index (κ1) is 16.8. The first-order chi connectivity index (χ1) is 11.1. The summed E-state index contributed by atoms with van der Waals surface area (Å²) in [5.41, 5.74) is 0.982. The molecule has 1 amide bonds. The molecular weight excluding hydrogens is 295 g/mol. The number of amides is 1. The standard InChI is InChI=1S/C16H13FN2O2.C2H6/c1-3-10-13(4-2)19-15(20)16(10)8-21-14-6-12(17)9(7-18)5-11(14)16;1-2/h3-6H,8H2,1-2H3,(H,19,20);1-2H3/b10-3+,13-4+;. The van der Waals surface area contributed by atoms with Crippen molar-refractivity contribution >= 4 is 5.91 Å². The molecule has 2 aliphatic rings. The lowest BCUT2D eigenvalue weighted by molar-refractivity contribution is -0.123. The summed E-state index contributed by atoms with van der Waals surface area (Å²) in [4.78, 5) is 12.5. The molecular formula is C18H19FN2O2. The van der Waals surface area contributed by atoms with E-state index in [-0.39, 0.29) is 18.1 Å². The van der Waals surface area contributed by atoms with Crippen molar-refractivity contribution in [2.45, 2.75) is 33.1 Å². The van der Waals surface area contributed by atoms with Crippen LogP contribution in [0.5, 0.6) is 5.75 Å². The molecule has 1 aromatic carbocycles. The van der Waals surface area contributed by atoms with E-state index in [1.54, 1.807) is 0 Å². The molecule has 0 saturated carbocycles. The number of hydrogen-bond acceptors (Lipinski definition) is 3. The van der Waals surface area contributed by atoms with Crippen molar-refractivity contribution in [3.8, 4) is 11.8 Å². The van der Waals surface area contributed by atoms with Crippen molar-refractivity contribution in [1.29, 1.82) is 5.26 Å². The zero-order valence-electron chi connectivity index (χ0n) is 13.7. The lowest BCUT2D eigenvalue weighted by Gasteiger charge is -2.20. The quantitative estimate of drug-likeness (QED) is 0.799. The average molecular weight is 314 g/mol. The van der Waals surface area contributed by atoms with E-state index >= 15 is 0 Å². The zero-order chi connectivity index (χ0) is 17.2. The third-order valence-electron chi connectivity index (χ3n) is 4.06. The van der Waals surface area contributed by atoms with Crippen molar-refractivity contribution in [2.75, 3.05) is 6.61 Å². The van der Waals surface area contributed by atoms with Crippen molar-refractivity contribution in [3.63, 3.8) is 0 Å². The van der Waals surface area contributed by atoms with Gasteiger partial charge in [0.15, 0.2) is 0 Å². The van der Waals surface area contributed by atoms with Gasteiger partial charge >= 0.3 is 0 Å². The summed E-state index contributed by atoms with van der Waals surface area (Å²) < 4.78 is 19.2. The van der Waals surface area contributed by atoms with Gasteiger partial charge in [0.05, 0.1) is 5.56 Å². The molecule has 1 unspecified atom stereocenters. The minimum absolute atomic E-state index is 0.0872. The number of halogens is 1. The van der Waals surface area contributed by atoms with Crippen LogP contribution in [0.4, 0.5) is 4.39 Å². The molecule has 4 nitrogen and oxygen atoms in total. The molecule has 1 saturated heterocycles. The van der Waals surface area contributed by atoms with E-state index in [2.05, 4.69) is 5.32 Å². The van der Waals surface area contributed by atoms with Gasteiger partial charge in [-0.05, 0) is 25.5 Å². The summed E-state index contributed by atoms with van der Waals surface area (Å²) in [5.74, 6) is -0.531. The van der Waals surface area contributed by atoms with Crippen LogP contribution in [0.1, 0.15) is 38.8 Å². The summed E-state index contributed by atoms with van der Waals surface area (Å²) in [6, 6.07) is 4.40. The van der Waals surface area contributed by atoms with Gasteiger partial charge in [-0.3, -0.25) is 4.79 Å². The highest BCUT2D eigenvalue weighted by molar-refractivity contribution is 6.00. The van der Waals surface area contributed by atoms with Gasteiger partial charge in [0.2, 0.25) is 5.91 Å². The van der Waals surface area contributed by atoms with Gasteiger partial charge < -0.3 is 10.1 Å². The highest BCUT2D eigenvalue weighted by Crippen LogP contribution is 2.49. The first-order valence-electron chi connectivity index (χ1n) is 7.60. The fourth-order valence-corrected chi connectivity index (χ4v) is 3.05. The molecule has 1 fully saturated rings. The molecule has 0 bridgehead atoms. The fraction of sp³-hybridized carbons (Fsp3) is 0.333. The van der Waals surface area contributed by atoms with E-state index in [0.717, 1.165) is 11.3 Å². The molecule has 1 aromatic rings. The molecule has 2 heterocycles. The van der Waals surface area contributed by atoms with Crippen molar-refractivity contribution in [1.82, 2.24) is 5.32 Å². The molecule has 1 N–H and O–H groups in total. The highest BCUT2D eigenvalue weighted by Gasteiger charge is 2.55. The second kappa shape index (κ2) is 6.25. The molecule has 5 heteroatoms. The third kappa shape index (κ3) is 2.22. The molecule has 120 valence electrons. The van der Waals surface area contributed by atoms with Gasteiger partial charge in [0.25, 0.3) is 0 Å². The van der Waals surface area contributed by atoms with Gasteiger partial charge in [-0.2, -0.15) is 5.26 Å². The molecule has 1 spiro atoms. The second-order valence-corrected chi connectivity index (χ2v) is 4.99. The zero-order valence-corrected chi connectivity index (χ0v) is 13.7. The van der Waals surface area contributed by atoms with Gasteiger partial charge in [0, 0.05) is 17.3 Å². The predicted molar refractivity (Wildman–Crippen MR) is 85.3 cm³/mol. The van der Waals surface area contributed by atoms with Gasteiger partial charge in [-0.1, -0.05) is 26.0 Å².